The summed E-state index contributed by atoms with van der Waals surface area (Å²) in [5, 5.41) is 12.9. The molecule has 28 heavy (non-hydrogen) atoms. The Kier molecular flexibility index (Phi) is 17.5. The van der Waals surface area contributed by atoms with E-state index in [0.717, 1.165) is 36.5 Å². The maximum atomic E-state index is 12.0. The summed E-state index contributed by atoms with van der Waals surface area (Å²) in [6.45, 7) is 0. The van der Waals surface area contributed by atoms with Crippen LogP contribution in [-0.2, 0) is 26.5 Å². The Labute approximate surface area is 185 Å². The zero-order chi connectivity index (χ0) is 19.7. The normalized spacial score (nSPS) is 14.4. The van der Waals surface area contributed by atoms with Crippen molar-refractivity contribution in [2.24, 2.45) is 0 Å². The van der Waals surface area contributed by atoms with Crippen molar-refractivity contribution in [3.8, 4) is 0 Å². The van der Waals surface area contributed by atoms with Crippen molar-refractivity contribution < 1.29 is 31.6 Å². The SMILES string of the molecule is COC(CCCCCCCCCC([O-])=C1C=CC=C1[Si])OC.[Fe+2].c1cc[cH-]c1. The van der Waals surface area contributed by atoms with Gasteiger partial charge in [0.1, 0.15) is 0 Å². The zero-order valence-corrected chi connectivity index (χ0v) is 19.2. The molecule has 0 spiro atoms. The third-order valence-electron chi connectivity index (χ3n) is 4.54. The van der Waals surface area contributed by atoms with Crippen molar-refractivity contribution in [2.75, 3.05) is 14.2 Å². The van der Waals surface area contributed by atoms with E-state index < -0.39 is 0 Å². The van der Waals surface area contributed by atoms with Gasteiger partial charge in [-0.15, -0.1) is 5.76 Å². The first-order chi connectivity index (χ1) is 13.2. The van der Waals surface area contributed by atoms with Crippen LogP contribution in [0.3, 0.4) is 0 Å². The van der Waals surface area contributed by atoms with E-state index in [4.69, 9.17) is 9.47 Å². The Morgan fingerprint density at radius 2 is 1.57 bits per heavy atom. The number of hydrogen-bond acceptors (Lipinski definition) is 3. The predicted molar refractivity (Wildman–Crippen MR) is 111 cm³/mol. The van der Waals surface area contributed by atoms with E-state index in [9.17, 15) is 5.11 Å². The first-order valence-corrected chi connectivity index (χ1v) is 10.4. The molecule has 3 radical (unpaired) electrons. The standard InChI is InChI=1S/C18H29O3Si.C5H5.Fe/c1-20-18(21-2)14-9-7-5-3-4-6-8-12-16(19)15-11-10-13-17(15)22;1-2-4-5-3-1;/h10-11,13,18-19H,3-9,12,14H2,1-2H3;1-5H;/q;-1;+2/p-1. The molecule has 1 aromatic carbocycles. The van der Waals surface area contributed by atoms with Crippen LogP contribution in [0.2, 0.25) is 0 Å². The Bertz CT molecular complexity index is 543. The molecule has 1 aliphatic rings. The Morgan fingerprint density at radius 1 is 1.00 bits per heavy atom. The van der Waals surface area contributed by atoms with Gasteiger partial charge in [-0.2, -0.15) is 18.2 Å². The molecule has 5 heteroatoms. The smallest absolute Gasteiger partial charge is 0.875 e. The van der Waals surface area contributed by atoms with Crippen molar-refractivity contribution in [1.82, 2.24) is 0 Å². The van der Waals surface area contributed by atoms with Crippen LogP contribution in [0.1, 0.15) is 57.8 Å². The van der Waals surface area contributed by atoms with Crippen LogP contribution in [0, 0.1) is 0 Å². The number of ether oxygens (including phenoxy) is 2. The minimum atomic E-state index is -0.0543. The molecule has 0 heterocycles. The molecule has 0 atom stereocenters. The molecule has 0 saturated carbocycles. The second kappa shape index (κ2) is 18.1. The molecule has 2 rings (SSSR count). The maximum Gasteiger partial charge on any atom is 2.00 e. The van der Waals surface area contributed by atoms with Crippen molar-refractivity contribution in [3.05, 3.63) is 65.1 Å². The third kappa shape index (κ3) is 12.5. The third-order valence-corrected chi connectivity index (χ3v) is 4.98. The van der Waals surface area contributed by atoms with Gasteiger partial charge in [-0.25, -0.2) is 12.1 Å². The van der Waals surface area contributed by atoms with Gasteiger partial charge in [-0.3, -0.25) is 0 Å². The number of rotatable bonds is 12. The average molecular weight is 441 g/mol. The number of unbranched alkanes of at least 4 members (excludes halogenated alkanes) is 6. The van der Waals surface area contributed by atoms with Crippen LogP contribution < -0.4 is 5.11 Å². The number of allylic oxidation sites excluding steroid dienone is 6. The summed E-state index contributed by atoms with van der Waals surface area (Å²) < 4.78 is 10.3. The monoisotopic (exact) mass is 441 g/mol. The fourth-order valence-electron chi connectivity index (χ4n) is 2.93. The molecule has 3 nitrogen and oxygen atoms in total. The number of methoxy groups -OCH3 is 2. The molecule has 0 aromatic heterocycles. The Morgan fingerprint density at radius 3 is 2.04 bits per heavy atom. The van der Waals surface area contributed by atoms with E-state index in [2.05, 4.69) is 10.2 Å². The van der Waals surface area contributed by atoms with Crippen LogP contribution >= 0.6 is 0 Å². The molecule has 0 aliphatic heterocycles. The van der Waals surface area contributed by atoms with Gasteiger partial charge in [0.15, 0.2) is 6.29 Å². The van der Waals surface area contributed by atoms with Gasteiger partial charge in [0.05, 0.1) is 10.2 Å². The summed E-state index contributed by atoms with van der Waals surface area (Å²) in [7, 11) is 6.83. The molecular weight excluding hydrogens is 408 g/mol. The molecule has 0 bridgehead atoms. The van der Waals surface area contributed by atoms with Gasteiger partial charge in [0, 0.05) is 14.2 Å². The van der Waals surface area contributed by atoms with E-state index in [1.807, 2.05) is 48.6 Å². The fourth-order valence-corrected chi connectivity index (χ4v) is 3.25. The second-order valence-electron chi connectivity index (χ2n) is 6.65. The average Bonchev–Trinajstić information content (AvgIpc) is 3.38. The predicted octanol–water partition coefficient (Wildman–Crippen LogP) is 4.76. The first-order valence-electron chi connectivity index (χ1n) is 9.91. The second-order valence-corrected chi connectivity index (χ2v) is 7.19. The van der Waals surface area contributed by atoms with E-state index in [1.54, 1.807) is 14.2 Å². The molecule has 0 saturated heterocycles. The van der Waals surface area contributed by atoms with Crippen LogP contribution in [0.4, 0.5) is 0 Å². The van der Waals surface area contributed by atoms with Gasteiger partial charge in [0.2, 0.25) is 0 Å². The van der Waals surface area contributed by atoms with Crippen LogP contribution in [-0.4, -0.2) is 30.8 Å². The summed E-state index contributed by atoms with van der Waals surface area (Å²) in [6.07, 6.45) is 15.5. The molecule has 0 N–H and O–H groups in total. The molecule has 1 aromatic rings. The number of hydrogen-bond donors (Lipinski definition) is 0. The molecule has 155 valence electrons. The summed E-state index contributed by atoms with van der Waals surface area (Å²) in [5.41, 5.74) is 0.822. The van der Waals surface area contributed by atoms with E-state index in [0.29, 0.717) is 6.42 Å². The fraction of sp³-hybridized carbons (Fsp3) is 0.522. The zero-order valence-electron chi connectivity index (χ0n) is 17.1. The largest absolute Gasteiger partial charge is 2.00 e. The van der Waals surface area contributed by atoms with E-state index in [-0.39, 0.29) is 29.1 Å². The van der Waals surface area contributed by atoms with Crippen LogP contribution in [0.5, 0.6) is 0 Å². The first kappa shape index (κ1) is 27.0. The molecular formula is C23H33FeO3Si. The molecule has 0 fully saturated rings. The Balaban J connectivity index is 0.00000105. The van der Waals surface area contributed by atoms with Gasteiger partial charge >= 0.3 is 17.1 Å². The maximum absolute atomic E-state index is 12.0. The van der Waals surface area contributed by atoms with Crippen molar-refractivity contribution in [1.29, 1.82) is 0 Å². The quantitative estimate of drug-likeness (QED) is 0.155. The Hall–Kier alpha value is -0.974. The summed E-state index contributed by atoms with van der Waals surface area (Å²) in [6, 6.07) is 10.0. The molecule has 0 unspecified atom stereocenters. The van der Waals surface area contributed by atoms with Gasteiger partial charge < -0.3 is 14.6 Å². The topological polar surface area (TPSA) is 41.5 Å². The van der Waals surface area contributed by atoms with E-state index in [1.165, 1.54) is 25.7 Å². The van der Waals surface area contributed by atoms with Crippen molar-refractivity contribution in [3.63, 3.8) is 0 Å². The van der Waals surface area contributed by atoms with E-state index >= 15 is 0 Å². The van der Waals surface area contributed by atoms with Gasteiger partial charge in [0.25, 0.3) is 0 Å². The van der Waals surface area contributed by atoms with Crippen molar-refractivity contribution in [2.45, 2.75) is 64.1 Å². The van der Waals surface area contributed by atoms with Gasteiger partial charge in [-0.1, -0.05) is 61.9 Å². The minimum absolute atomic E-state index is 0. The summed E-state index contributed by atoms with van der Waals surface area (Å²) in [4.78, 5) is 0. The van der Waals surface area contributed by atoms with Gasteiger partial charge in [-0.05, 0) is 24.8 Å². The minimum Gasteiger partial charge on any atom is -0.875 e. The van der Waals surface area contributed by atoms with Crippen molar-refractivity contribution >= 4 is 10.2 Å². The summed E-state index contributed by atoms with van der Waals surface area (Å²) >= 11 is 0. The van der Waals surface area contributed by atoms with Crippen LogP contribution in [0.25, 0.3) is 0 Å². The summed E-state index contributed by atoms with van der Waals surface area (Å²) in [5.74, 6) is 0.250. The molecule has 1 aliphatic carbocycles. The van der Waals surface area contributed by atoms with Crippen LogP contribution in [0.15, 0.2) is 65.1 Å². The molecule has 0 amide bonds.